The van der Waals surface area contributed by atoms with Gasteiger partial charge in [-0.25, -0.2) is 9.59 Å². The van der Waals surface area contributed by atoms with Crippen molar-refractivity contribution in [1.29, 1.82) is 0 Å². The van der Waals surface area contributed by atoms with Gasteiger partial charge in [-0.2, -0.15) is 0 Å². The van der Waals surface area contributed by atoms with Crippen LogP contribution in [0.15, 0.2) is 28.5 Å². The highest BCUT2D eigenvalue weighted by atomic mass is 16.4. The van der Waals surface area contributed by atoms with E-state index in [1.165, 1.54) is 23.2 Å². The van der Waals surface area contributed by atoms with Crippen LogP contribution >= 0.6 is 0 Å². The molecular weight excluding hydrogens is 226 g/mol. The number of carboxylic acids is 2. The molecule has 90 valence electrons. The summed E-state index contributed by atoms with van der Waals surface area (Å²) in [7, 11) is 3.32. The Balaban J connectivity index is 3.19. The highest BCUT2D eigenvalue weighted by Gasteiger charge is 2.16. The van der Waals surface area contributed by atoms with E-state index in [0.29, 0.717) is 0 Å². The number of benzene rings is 1. The molecule has 0 spiro atoms. The summed E-state index contributed by atoms with van der Waals surface area (Å²) in [6.45, 7) is 0. The Bertz CT molecular complexity index is 482. The molecule has 7 nitrogen and oxygen atoms in total. The molecule has 0 fully saturated rings. The first-order valence-electron chi connectivity index (χ1n) is 4.61. The van der Waals surface area contributed by atoms with E-state index in [4.69, 9.17) is 10.2 Å². The summed E-state index contributed by atoms with van der Waals surface area (Å²) in [5.41, 5.74) is -0.310. The Morgan fingerprint density at radius 2 is 1.71 bits per heavy atom. The molecule has 0 aliphatic heterocycles. The average Bonchev–Trinajstić information content (AvgIpc) is 2.25. The van der Waals surface area contributed by atoms with Gasteiger partial charge in [0, 0.05) is 14.1 Å². The van der Waals surface area contributed by atoms with E-state index in [9.17, 15) is 9.59 Å². The van der Waals surface area contributed by atoms with Crippen molar-refractivity contribution < 1.29 is 19.8 Å². The molecule has 0 saturated carbocycles. The summed E-state index contributed by atoms with van der Waals surface area (Å²) in [6, 6.07) is 3.75. The monoisotopic (exact) mass is 237 g/mol. The summed E-state index contributed by atoms with van der Waals surface area (Å²) in [6.07, 6.45) is 0. The Kier molecular flexibility index (Phi) is 3.76. The molecule has 0 aliphatic rings. The fraction of sp³-hybridized carbons (Fsp3) is 0.200. The van der Waals surface area contributed by atoms with Crippen molar-refractivity contribution in [3.05, 3.63) is 29.3 Å². The zero-order valence-corrected chi connectivity index (χ0v) is 9.28. The Labute approximate surface area is 97.0 Å². The zero-order valence-electron chi connectivity index (χ0n) is 9.28. The molecule has 0 saturated heterocycles. The van der Waals surface area contributed by atoms with Crippen LogP contribution in [0, 0.1) is 0 Å². The zero-order chi connectivity index (χ0) is 13.0. The van der Waals surface area contributed by atoms with Crippen molar-refractivity contribution in [3.63, 3.8) is 0 Å². The van der Waals surface area contributed by atoms with Crippen LogP contribution < -0.4 is 0 Å². The van der Waals surface area contributed by atoms with Crippen LogP contribution in [0.1, 0.15) is 20.7 Å². The maximum Gasteiger partial charge on any atom is 0.336 e. The number of carboxylic acid groups (broad SMARTS) is 2. The topological polar surface area (TPSA) is 103 Å². The summed E-state index contributed by atoms with van der Waals surface area (Å²) in [5.74, 6) is -2.61. The molecule has 0 heterocycles. The van der Waals surface area contributed by atoms with Gasteiger partial charge in [-0.3, -0.25) is 5.01 Å². The SMILES string of the molecule is CN(C)N=Nc1ccc(C(=O)O)c(C(=O)O)c1. The molecule has 1 rings (SSSR count). The van der Waals surface area contributed by atoms with Crippen molar-refractivity contribution in [2.45, 2.75) is 0 Å². The minimum absolute atomic E-state index is 0.277. The van der Waals surface area contributed by atoms with Gasteiger partial charge in [-0.15, -0.1) is 5.11 Å². The molecule has 0 unspecified atom stereocenters. The fourth-order valence-corrected chi connectivity index (χ4v) is 1.10. The Hall–Kier alpha value is -2.44. The van der Waals surface area contributed by atoms with Crippen molar-refractivity contribution in [2.24, 2.45) is 10.3 Å². The Morgan fingerprint density at radius 1 is 1.12 bits per heavy atom. The molecule has 1 aromatic rings. The van der Waals surface area contributed by atoms with Gasteiger partial charge in [0.05, 0.1) is 16.8 Å². The summed E-state index contributed by atoms with van der Waals surface area (Å²) in [5, 5.41) is 26.5. The minimum atomic E-state index is -1.32. The molecule has 0 aliphatic carbocycles. The van der Waals surface area contributed by atoms with E-state index in [2.05, 4.69) is 10.3 Å². The minimum Gasteiger partial charge on any atom is -0.478 e. The van der Waals surface area contributed by atoms with Crippen LogP contribution in [0.3, 0.4) is 0 Å². The molecule has 0 amide bonds. The lowest BCUT2D eigenvalue weighted by molar-refractivity contribution is 0.0651. The van der Waals surface area contributed by atoms with E-state index >= 15 is 0 Å². The third kappa shape index (κ3) is 3.26. The smallest absolute Gasteiger partial charge is 0.336 e. The van der Waals surface area contributed by atoms with Crippen LogP contribution in [-0.4, -0.2) is 41.3 Å². The standard InChI is InChI=1S/C10H11N3O4/c1-13(2)12-11-6-3-4-7(9(14)15)8(5-6)10(16)17/h3-5H,1-2H3,(H,14,15)(H,16,17). The molecule has 0 atom stereocenters. The molecule has 17 heavy (non-hydrogen) atoms. The molecule has 2 N–H and O–H groups in total. The van der Waals surface area contributed by atoms with Gasteiger partial charge in [0.15, 0.2) is 0 Å². The predicted octanol–water partition coefficient (Wildman–Crippen LogP) is 1.64. The van der Waals surface area contributed by atoms with Gasteiger partial charge >= 0.3 is 11.9 Å². The predicted molar refractivity (Wildman–Crippen MR) is 58.6 cm³/mol. The number of aromatic carboxylic acids is 2. The second kappa shape index (κ2) is 5.06. The molecule has 0 aromatic heterocycles. The third-order valence-electron chi connectivity index (χ3n) is 1.80. The van der Waals surface area contributed by atoms with Gasteiger partial charge in [0.1, 0.15) is 0 Å². The third-order valence-corrected chi connectivity index (χ3v) is 1.80. The highest BCUT2D eigenvalue weighted by molar-refractivity contribution is 6.02. The molecular formula is C10H11N3O4. The van der Waals surface area contributed by atoms with Gasteiger partial charge < -0.3 is 10.2 Å². The van der Waals surface area contributed by atoms with E-state index in [1.807, 2.05) is 0 Å². The van der Waals surface area contributed by atoms with E-state index in [0.717, 1.165) is 0 Å². The van der Waals surface area contributed by atoms with Crippen molar-refractivity contribution in [3.8, 4) is 0 Å². The van der Waals surface area contributed by atoms with E-state index in [1.54, 1.807) is 14.1 Å². The largest absolute Gasteiger partial charge is 0.478 e. The molecule has 7 heteroatoms. The van der Waals surface area contributed by atoms with Gasteiger partial charge in [0.2, 0.25) is 0 Å². The van der Waals surface area contributed by atoms with Crippen molar-refractivity contribution in [2.75, 3.05) is 14.1 Å². The Morgan fingerprint density at radius 3 is 2.18 bits per heavy atom. The van der Waals surface area contributed by atoms with Crippen LogP contribution in [0.25, 0.3) is 0 Å². The number of rotatable bonds is 4. The van der Waals surface area contributed by atoms with Crippen LogP contribution in [0.5, 0.6) is 0 Å². The maximum absolute atomic E-state index is 10.9. The fourth-order valence-electron chi connectivity index (χ4n) is 1.10. The molecule has 0 bridgehead atoms. The first kappa shape index (κ1) is 12.6. The van der Waals surface area contributed by atoms with E-state index < -0.39 is 11.9 Å². The summed E-state index contributed by atoms with van der Waals surface area (Å²) < 4.78 is 0. The summed E-state index contributed by atoms with van der Waals surface area (Å²) in [4.78, 5) is 21.6. The van der Waals surface area contributed by atoms with Gasteiger partial charge in [-0.1, -0.05) is 5.22 Å². The summed E-state index contributed by atoms with van der Waals surface area (Å²) >= 11 is 0. The normalized spacial score (nSPS) is 10.5. The highest BCUT2D eigenvalue weighted by Crippen LogP contribution is 2.19. The quantitative estimate of drug-likeness (QED) is 0.612. The second-order valence-electron chi connectivity index (χ2n) is 3.38. The molecule has 1 aromatic carbocycles. The van der Waals surface area contributed by atoms with Crippen molar-refractivity contribution >= 4 is 17.6 Å². The maximum atomic E-state index is 10.9. The lowest BCUT2D eigenvalue weighted by Gasteiger charge is -2.03. The van der Waals surface area contributed by atoms with Gasteiger partial charge in [-0.05, 0) is 18.2 Å². The first-order valence-corrected chi connectivity index (χ1v) is 4.61. The number of nitrogens with zero attached hydrogens (tertiary/aromatic N) is 3. The molecule has 0 radical (unpaired) electrons. The van der Waals surface area contributed by atoms with E-state index in [-0.39, 0.29) is 16.8 Å². The number of carbonyl (C=O) groups is 2. The average molecular weight is 237 g/mol. The number of hydrogen-bond acceptors (Lipinski definition) is 4. The van der Waals surface area contributed by atoms with Gasteiger partial charge in [0.25, 0.3) is 0 Å². The number of hydrogen-bond donors (Lipinski definition) is 2. The van der Waals surface area contributed by atoms with Crippen LogP contribution in [0.4, 0.5) is 5.69 Å². The van der Waals surface area contributed by atoms with Crippen molar-refractivity contribution in [1.82, 2.24) is 5.01 Å². The van der Waals surface area contributed by atoms with Crippen LogP contribution in [-0.2, 0) is 0 Å². The van der Waals surface area contributed by atoms with Crippen LogP contribution in [0.2, 0.25) is 0 Å². The second-order valence-corrected chi connectivity index (χ2v) is 3.38. The lowest BCUT2D eigenvalue weighted by atomic mass is 10.1. The first-order chi connectivity index (χ1) is 7.91. The lowest BCUT2D eigenvalue weighted by Crippen LogP contribution is -2.07.